The highest BCUT2D eigenvalue weighted by Gasteiger charge is 2.27. The van der Waals surface area contributed by atoms with Crippen LogP contribution in [0.5, 0.6) is 0 Å². The largest absolute Gasteiger partial charge is 0.480 e. The molecule has 4 nitrogen and oxygen atoms in total. The van der Waals surface area contributed by atoms with Crippen molar-refractivity contribution in [3.63, 3.8) is 0 Å². The molecule has 0 saturated carbocycles. The minimum Gasteiger partial charge on any atom is -0.480 e. The van der Waals surface area contributed by atoms with Crippen molar-refractivity contribution in [2.75, 3.05) is 0 Å². The van der Waals surface area contributed by atoms with Crippen LogP contribution in [0.15, 0.2) is 12.2 Å². The van der Waals surface area contributed by atoms with Crippen LogP contribution in [0.4, 0.5) is 0 Å². The summed E-state index contributed by atoms with van der Waals surface area (Å²) >= 11 is 0. The third kappa shape index (κ3) is 3.08. The van der Waals surface area contributed by atoms with Gasteiger partial charge in [0, 0.05) is 5.92 Å². The molecule has 0 aromatic carbocycles. The number of carbonyl (C=O) groups excluding carboxylic acids is 1. The van der Waals surface area contributed by atoms with Crippen molar-refractivity contribution in [3.05, 3.63) is 12.2 Å². The first-order chi connectivity index (χ1) is 7.02. The van der Waals surface area contributed by atoms with Crippen LogP contribution in [-0.4, -0.2) is 23.0 Å². The molecule has 1 rings (SSSR count). The Balaban J connectivity index is 2.51. The standard InChI is InChI=1S/C11H17NO3/c1-7(2)9(11(14)15)12-10(13)8-5-3-4-6-8/h3-4,7-9H,5-6H2,1-2H3,(H,12,13)(H,14,15). The van der Waals surface area contributed by atoms with E-state index in [9.17, 15) is 9.59 Å². The fourth-order valence-electron chi connectivity index (χ4n) is 1.62. The molecule has 1 aliphatic carbocycles. The number of rotatable bonds is 4. The van der Waals surface area contributed by atoms with Crippen molar-refractivity contribution in [1.82, 2.24) is 5.32 Å². The van der Waals surface area contributed by atoms with Crippen LogP contribution in [-0.2, 0) is 9.59 Å². The van der Waals surface area contributed by atoms with Crippen molar-refractivity contribution in [2.45, 2.75) is 32.7 Å². The second kappa shape index (κ2) is 4.96. The number of amides is 1. The van der Waals surface area contributed by atoms with Crippen LogP contribution in [0.2, 0.25) is 0 Å². The third-order valence-corrected chi connectivity index (χ3v) is 2.61. The molecule has 0 fully saturated rings. The molecule has 15 heavy (non-hydrogen) atoms. The van der Waals surface area contributed by atoms with Gasteiger partial charge in [0.1, 0.15) is 6.04 Å². The fourth-order valence-corrected chi connectivity index (χ4v) is 1.62. The molecule has 0 bridgehead atoms. The molecule has 0 aromatic heterocycles. The van der Waals surface area contributed by atoms with Gasteiger partial charge < -0.3 is 10.4 Å². The molecule has 0 saturated heterocycles. The molecular weight excluding hydrogens is 194 g/mol. The minimum atomic E-state index is -0.968. The molecule has 0 aromatic rings. The zero-order chi connectivity index (χ0) is 11.4. The van der Waals surface area contributed by atoms with Crippen LogP contribution < -0.4 is 5.32 Å². The molecule has 2 N–H and O–H groups in total. The highest BCUT2D eigenvalue weighted by Crippen LogP contribution is 2.18. The smallest absolute Gasteiger partial charge is 0.326 e. The van der Waals surface area contributed by atoms with E-state index in [0.717, 1.165) is 12.8 Å². The molecular formula is C11H17NO3. The summed E-state index contributed by atoms with van der Waals surface area (Å²) in [7, 11) is 0. The highest BCUT2D eigenvalue weighted by atomic mass is 16.4. The lowest BCUT2D eigenvalue weighted by Crippen LogP contribution is -2.46. The van der Waals surface area contributed by atoms with E-state index in [-0.39, 0.29) is 17.7 Å². The zero-order valence-corrected chi connectivity index (χ0v) is 9.06. The molecule has 84 valence electrons. The molecule has 0 heterocycles. The first-order valence-corrected chi connectivity index (χ1v) is 5.20. The summed E-state index contributed by atoms with van der Waals surface area (Å²) in [6, 6.07) is -0.780. The van der Waals surface area contributed by atoms with Crippen LogP contribution in [0.3, 0.4) is 0 Å². The Kier molecular flexibility index (Phi) is 3.88. The quantitative estimate of drug-likeness (QED) is 0.686. The van der Waals surface area contributed by atoms with Gasteiger partial charge in [-0.25, -0.2) is 4.79 Å². The number of aliphatic carboxylic acids is 1. The fraction of sp³-hybridized carbons (Fsp3) is 0.636. The van der Waals surface area contributed by atoms with Gasteiger partial charge in [-0.2, -0.15) is 0 Å². The average molecular weight is 211 g/mol. The Labute approximate surface area is 89.4 Å². The van der Waals surface area contributed by atoms with Crippen LogP contribution in [0, 0.1) is 11.8 Å². The van der Waals surface area contributed by atoms with Crippen molar-refractivity contribution < 1.29 is 14.7 Å². The highest BCUT2D eigenvalue weighted by molar-refractivity contribution is 5.85. The summed E-state index contributed by atoms with van der Waals surface area (Å²) in [5, 5.41) is 11.5. The van der Waals surface area contributed by atoms with Gasteiger partial charge >= 0.3 is 5.97 Å². The van der Waals surface area contributed by atoms with E-state index >= 15 is 0 Å². The SMILES string of the molecule is CC(C)C(NC(=O)C1CC=CC1)C(=O)O. The molecule has 0 radical (unpaired) electrons. The zero-order valence-electron chi connectivity index (χ0n) is 9.06. The molecule has 1 atom stereocenters. The summed E-state index contributed by atoms with van der Waals surface area (Å²) in [5.74, 6) is -1.29. The Morgan fingerprint density at radius 2 is 1.87 bits per heavy atom. The van der Waals surface area contributed by atoms with Crippen molar-refractivity contribution in [1.29, 1.82) is 0 Å². The number of carboxylic acid groups (broad SMARTS) is 1. The van der Waals surface area contributed by atoms with Crippen LogP contribution in [0.25, 0.3) is 0 Å². The number of allylic oxidation sites excluding steroid dienone is 2. The Hall–Kier alpha value is -1.32. The van der Waals surface area contributed by atoms with E-state index in [4.69, 9.17) is 5.11 Å². The summed E-state index contributed by atoms with van der Waals surface area (Å²) in [6.07, 6.45) is 5.34. The number of nitrogens with one attached hydrogen (secondary N) is 1. The van der Waals surface area contributed by atoms with Gasteiger partial charge in [0.25, 0.3) is 0 Å². The third-order valence-electron chi connectivity index (χ3n) is 2.61. The van der Waals surface area contributed by atoms with E-state index in [1.54, 1.807) is 13.8 Å². The molecule has 1 unspecified atom stereocenters. The number of carboxylic acids is 1. The van der Waals surface area contributed by atoms with E-state index < -0.39 is 12.0 Å². The molecule has 1 amide bonds. The maximum absolute atomic E-state index is 11.7. The Bertz CT molecular complexity index is 276. The second-order valence-electron chi connectivity index (χ2n) is 4.21. The maximum atomic E-state index is 11.7. The summed E-state index contributed by atoms with van der Waals surface area (Å²) in [6.45, 7) is 3.57. The topological polar surface area (TPSA) is 66.4 Å². The predicted molar refractivity (Wildman–Crippen MR) is 56.3 cm³/mol. The molecule has 4 heteroatoms. The second-order valence-corrected chi connectivity index (χ2v) is 4.21. The Morgan fingerprint density at radius 3 is 2.27 bits per heavy atom. The van der Waals surface area contributed by atoms with Gasteiger partial charge in [0.2, 0.25) is 5.91 Å². The van der Waals surface area contributed by atoms with Crippen molar-refractivity contribution in [2.24, 2.45) is 11.8 Å². The van der Waals surface area contributed by atoms with E-state index in [1.807, 2.05) is 12.2 Å². The normalized spacial score (nSPS) is 18.1. The van der Waals surface area contributed by atoms with Gasteiger partial charge in [-0.15, -0.1) is 0 Å². The van der Waals surface area contributed by atoms with E-state index in [2.05, 4.69) is 5.32 Å². The number of hydrogen-bond acceptors (Lipinski definition) is 2. The van der Waals surface area contributed by atoms with Crippen molar-refractivity contribution >= 4 is 11.9 Å². The average Bonchev–Trinajstić information content (AvgIpc) is 2.65. The first-order valence-electron chi connectivity index (χ1n) is 5.20. The van der Waals surface area contributed by atoms with E-state index in [0.29, 0.717) is 0 Å². The van der Waals surface area contributed by atoms with Crippen molar-refractivity contribution in [3.8, 4) is 0 Å². The number of carbonyl (C=O) groups is 2. The van der Waals surface area contributed by atoms with Gasteiger partial charge in [-0.05, 0) is 18.8 Å². The molecule has 1 aliphatic rings. The summed E-state index contributed by atoms with van der Waals surface area (Å²) in [4.78, 5) is 22.5. The maximum Gasteiger partial charge on any atom is 0.326 e. The van der Waals surface area contributed by atoms with E-state index in [1.165, 1.54) is 0 Å². The number of hydrogen-bond donors (Lipinski definition) is 2. The van der Waals surface area contributed by atoms with Crippen LogP contribution in [0.1, 0.15) is 26.7 Å². The lowest BCUT2D eigenvalue weighted by atomic mass is 10.0. The predicted octanol–water partition coefficient (Wildman–Crippen LogP) is 1.18. The summed E-state index contributed by atoms with van der Waals surface area (Å²) in [5.41, 5.74) is 0. The Morgan fingerprint density at radius 1 is 1.33 bits per heavy atom. The first kappa shape index (κ1) is 11.8. The van der Waals surface area contributed by atoms with Gasteiger partial charge in [0.15, 0.2) is 0 Å². The monoisotopic (exact) mass is 211 g/mol. The molecule has 0 aliphatic heterocycles. The lowest BCUT2D eigenvalue weighted by Gasteiger charge is -2.20. The lowest BCUT2D eigenvalue weighted by molar-refractivity contribution is -0.143. The van der Waals surface area contributed by atoms with Gasteiger partial charge in [0.05, 0.1) is 0 Å². The van der Waals surface area contributed by atoms with Crippen LogP contribution >= 0.6 is 0 Å². The van der Waals surface area contributed by atoms with Gasteiger partial charge in [-0.1, -0.05) is 26.0 Å². The summed E-state index contributed by atoms with van der Waals surface area (Å²) < 4.78 is 0. The minimum absolute atomic E-state index is 0.0781. The van der Waals surface area contributed by atoms with Gasteiger partial charge in [-0.3, -0.25) is 4.79 Å². The molecule has 0 spiro atoms.